The van der Waals surface area contributed by atoms with Crippen LogP contribution in [0.5, 0.6) is 5.75 Å². The van der Waals surface area contributed by atoms with Crippen LogP contribution in [-0.2, 0) is 10.1 Å². The molecular weight excluding hydrogens is 296 g/mol. The third kappa shape index (κ3) is 1.94. The number of rotatable bonds is 1. The lowest BCUT2D eigenvalue weighted by molar-refractivity contribution is 0.0976. The third-order valence-electron chi connectivity index (χ3n) is 3.27. The van der Waals surface area contributed by atoms with E-state index in [9.17, 15) is 27.7 Å². The lowest BCUT2D eigenvalue weighted by atomic mass is 9.84. The van der Waals surface area contributed by atoms with Crippen molar-refractivity contribution < 1.29 is 27.7 Å². The Balaban J connectivity index is 2.39. The number of ketones is 2. The molecule has 0 aromatic heterocycles. The highest BCUT2D eigenvalue weighted by Crippen LogP contribution is 2.32. The van der Waals surface area contributed by atoms with E-state index >= 15 is 0 Å². The molecule has 0 heterocycles. The van der Waals surface area contributed by atoms with E-state index in [4.69, 9.17) is 0 Å². The van der Waals surface area contributed by atoms with E-state index in [-0.39, 0.29) is 28.0 Å². The molecule has 7 heteroatoms. The van der Waals surface area contributed by atoms with Crippen LogP contribution in [0.15, 0.2) is 41.3 Å². The quantitative estimate of drug-likeness (QED) is 0.658. The molecule has 1 aliphatic carbocycles. The Morgan fingerprint density at radius 2 is 1.57 bits per heavy atom. The Bertz CT molecular complexity index is 911. The van der Waals surface area contributed by atoms with Crippen LogP contribution >= 0.6 is 0 Å². The molecule has 0 radical (unpaired) electrons. The molecular formula is C14H8O6S. The summed E-state index contributed by atoms with van der Waals surface area (Å²) in [7, 11) is -4.63. The van der Waals surface area contributed by atoms with Gasteiger partial charge in [0.2, 0.25) is 0 Å². The lowest BCUT2D eigenvalue weighted by Crippen LogP contribution is -2.23. The largest absolute Gasteiger partial charge is 0.508 e. The molecule has 3 rings (SSSR count). The molecule has 0 unspecified atom stereocenters. The smallest absolute Gasteiger partial charge is 0.295 e. The molecule has 0 aliphatic heterocycles. The molecule has 0 spiro atoms. The van der Waals surface area contributed by atoms with Gasteiger partial charge in [-0.1, -0.05) is 12.1 Å². The van der Waals surface area contributed by atoms with Gasteiger partial charge < -0.3 is 5.11 Å². The van der Waals surface area contributed by atoms with E-state index in [1.54, 1.807) is 0 Å². The molecule has 106 valence electrons. The van der Waals surface area contributed by atoms with Crippen molar-refractivity contribution in [2.24, 2.45) is 0 Å². The van der Waals surface area contributed by atoms with Crippen LogP contribution in [0.4, 0.5) is 0 Å². The SMILES string of the molecule is O=C1c2cc(O)ccc2C(=O)c2c1cccc2S(=O)(=O)O. The first-order valence-corrected chi connectivity index (χ1v) is 7.27. The minimum absolute atomic E-state index is 0.0000113. The van der Waals surface area contributed by atoms with Gasteiger partial charge >= 0.3 is 0 Å². The van der Waals surface area contributed by atoms with Crippen molar-refractivity contribution in [3.8, 4) is 5.75 Å². The highest BCUT2D eigenvalue weighted by atomic mass is 32.2. The van der Waals surface area contributed by atoms with E-state index in [0.29, 0.717) is 0 Å². The zero-order valence-electron chi connectivity index (χ0n) is 10.4. The Morgan fingerprint density at radius 3 is 2.24 bits per heavy atom. The van der Waals surface area contributed by atoms with Crippen molar-refractivity contribution in [1.29, 1.82) is 0 Å². The molecule has 0 saturated carbocycles. The molecule has 0 bridgehead atoms. The number of hydrogen-bond donors (Lipinski definition) is 2. The van der Waals surface area contributed by atoms with Gasteiger partial charge in [0.05, 0.1) is 5.56 Å². The van der Waals surface area contributed by atoms with Crippen molar-refractivity contribution in [3.63, 3.8) is 0 Å². The van der Waals surface area contributed by atoms with Gasteiger partial charge in [0, 0.05) is 16.7 Å². The van der Waals surface area contributed by atoms with Gasteiger partial charge in [-0.15, -0.1) is 0 Å². The van der Waals surface area contributed by atoms with Gasteiger partial charge in [-0.3, -0.25) is 14.1 Å². The fraction of sp³-hybridized carbons (Fsp3) is 0. The lowest BCUT2D eigenvalue weighted by Gasteiger charge is -2.19. The van der Waals surface area contributed by atoms with Crippen molar-refractivity contribution >= 4 is 21.7 Å². The topological polar surface area (TPSA) is 109 Å². The number of phenols is 1. The number of benzene rings is 2. The van der Waals surface area contributed by atoms with E-state index in [1.807, 2.05) is 0 Å². The number of hydrogen-bond acceptors (Lipinski definition) is 5. The molecule has 2 N–H and O–H groups in total. The summed E-state index contributed by atoms with van der Waals surface area (Å²) in [5.74, 6) is -1.45. The molecule has 2 aromatic carbocycles. The van der Waals surface area contributed by atoms with Crippen molar-refractivity contribution in [3.05, 3.63) is 58.7 Å². The molecule has 6 nitrogen and oxygen atoms in total. The summed E-state index contributed by atoms with van der Waals surface area (Å²) in [6.07, 6.45) is 0. The number of aromatic hydroxyl groups is 1. The molecule has 2 aromatic rings. The predicted molar refractivity (Wildman–Crippen MR) is 71.2 cm³/mol. The van der Waals surface area contributed by atoms with Gasteiger partial charge in [-0.2, -0.15) is 8.42 Å². The summed E-state index contributed by atoms with van der Waals surface area (Å²) < 4.78 is 32.0. The number of phenolic OH excluding ortho intramolecular Hbond substituents is 1. The van der Waals surface area contributed by atoms with Crippen LogP contribution in [0, 0.1) is 0 Å². The van der Waals surface area contributed by atoms with Crippen LogP contribution in [0.1, 0.15) is 31.8 Å². The van der Waals surface area contributed by atoms with Crippen LogP contribution in [0.25, 0.3) is 0 Å². The highest BCUT2D eigenvalue weighted by molar-refractivity contribution is 7.86. The summed E-state index contributed by atoms with van der Waals surface area (Å²) in [5.41, 5.74) is -0.474. The average Bonchev–Trinajstić information content (AvgIpc) is 2.43. The van der Waals surface area contributed by atoms with E-state index in [1.165, 1.54) is 24.3 Å². The summed E-state index contributed by atoms with van der Waals surface area (Å²) >= 11 is 0. The van der Waals surface area contributed by atoms with E-state index < -0.39 is 26.6 Å². The zero-order chi connectivity index (χ0) is 15.4. The Labute approximate surface area is 119 Å². The summed E-state index contributed by atoms with van der Waals surface area (Å²) in [5, 5.41) is 9.42. The molecule has 1 aliphatic rings. The molecule has 0 saturated heterocycles. The summed E-state index contributed by atoms with van der Waals surface area (Å²) in [6, 6.07) is 7.25. The van der Waals surface area contributed by atoms with Crippen molar-refractivity contribution in [1.82, 2.24) is 0 Å². The first kappa shape index (κ1) is 13.5. The normalized spacial score (nSPS) is 13.8. The maximum Gasteiger partial charge on any atom is 0.295 e. The number of carbonyl (C=O) groups is 2. The van der Waals surface area contributed by atoms with Gasteiger partial charge in [0.1, 0.15) is 10.6 Å². The third-order valence-corrected chi connectivity index (χ3v) is 4.16. The second kappa shape index (κ2) is 4.24. The Kier molecular flexibility index (Phi) is 2.72. The van der Waals surface area contributed by atoms with Gasteiger partial charge in [0.15, 0.2) is 11.6 Å². The minimum atomic E-state index is -4.63. The minimum Gasteiger partial charge on any atom is -0.508 e. The zero-order valence-corrected chi connectivity index (χ0v) is 11.2. The average molecular weight is 304 g/mol. The first-order chi connectivity index (χ1) is 9.80. The first-order valence-electron chi connectivity index (χ1n) is 5.83. The number of fused-ring (bicyclic) bond motifs is 2. The Morgan fingerprint density at radius 1 is 0.857 bits per heavy atom. The summed E-state index contributed by atoms with van der Waals surface area (Å²) in [4.78, 5) is 24.2. The van der Waals surface area contributed by atoms with Crippen LogP contribution in [0.2, 0.25) is 0 Å². The van der Waals surface area contributed by atoms with Gasteiger partial charge in [-0.25, -0.2) is 0 Å². The molecule has 0 fully saturated rings. The highest BCUT2D eigenvalue weighted by Gasteiger charge is 2.34. The maximum atomic E-state index is 12.4. The van der Waals surface area contributed by atoms with E-state index in [2.05, 4.69) is 0 Å². The fourth-order valence-corrected chi connectivity index (χ4v) is 3.08. The van der Waals surface area contributed by atoms with Crippen molar-refractivity contribution in [2.75, 3.05) is 0 Å². The number of carbonyl (C=O) groups excluding carboxylic acids is 2. The van der Waals surface area contributed by atoms with Crippen LogP contribution < -0.4 is 0 Å². The fourth-order valence-electron chi connectivity index (χ4n) is 2.37. The predicted octanol–water partition coefficient (Wildman–Crippen LogP) is 1.41. The molecule has 0 amide bonds. The maximum absolute atomic E-state index is 12.4. The second-order valence-corrected chi connectivity index (χ2v) is 5.93. The van der Waals surface area contributed by atoms with Crippen molar-refractivity contribution in [2.45, 2.75) is 4.90 Å². The Hall–Kier alpha value is -2.51. The van der Waals surface area contributed by atoms with E-state index in [0.717, 1.165) is 12.1 Å². The van der Waals surface area contributed by atoms with Gasteiger partial charge in [-0.05, 0) is 24.3 Å². The van der Waals surface area contributed by atoms with Crippen LogP contribution in [0.3, 0.4) is 0 Å². The standard InChI is InChI=1S/C14H8O6S/c15-7-4-5-8-10(6-7)13(16)9-2-1-3-11(21(18,19)20)12(9)14(8)17/h1-6,15H,(H,18,19,20). The van der Waals surface area contributed by atoms with Crippen LogP contribution in [-0.4, -0.2) is 29.6 Å². The monoisotopic (exact) mass is 304 g/mol. The molecule has 21 heavy (non-hydrogen) atoms. The summed E-state index contributed by atoms with van der Waals surface area (Å²) in [6.45, 7) is 0. The molecule has 0 atom stereocenters. The van der Waals surface area contributed by atoms with Gasteiger partial charge in [0.25, 0.3) is 10.1 Å². The second-order valence-electron chi connectivity index (χ2n) is 4.54.